The van der Waals surface area contributed by atoms with Crippen LogP contribution in [0.2, 0.25) is 0 Å². The number of hydrogen-bond acceptors (Lipinski definition) is 2. The Morgan fingerprint density at radius 1 is 1.50 bits per heavy atom. The second-order valence-electron chi connectivity index (χ2n) is 0.673. The zero-order chi connectivity index (χ0) is 5.21. The van der Waals surface area contributed by atoms with E-state index in [1.807, 2.05) is 0 Å². The van der Waals surface area contributed by atoms with E-state index < -0.39 is 7.82 Å². The van der Waals surface area contributed by atoms with Gasteiger partial charge in [-0.05, 0) is 0 Å². The van der Waals surface area contributed by atoms with Crippen LogP contribution in [0.15, 0.2) is 0 Å². The molecule has 0 aliphatic heterocycles. The van der Waals surface area contributed by atoms with E-state index in [2.05, 4.69) is 4.21 Å². The van der Waals surface area contributed by atoms with Crippen molar-refractivity contribution in [2.24, 2.45) is 0 Å². The predicted octanol–water partition coefficient (Wildman–Crippen LogP) is -3.46. The van der Waals surface area contributed by atoms with E-state index in [1.165, 1.54) is 0 Å². The molecule has 0 saturated heterocycles. The van der Waals surface area contributed by atoms with E-state index in [1.54, 1.807) is 0 Å². The fourth-order valence-corrected chi connectivity index (χ4v) is 0. The zero-order valence-corrected chi connectivity index (χ0v) is 6.05. The molecule has 4 nitrogen and oxygen atoms in total. The van der Waals surface area contributed by atoms with Crippen LogP contribution in [0.3, 0.4) is 0 Å². The molecular formula is H9MgO4PSiSr. The number of rotatable bonds is 1. The van der Waals surface area contributed by atoms with Gasteiger partial charge in [-0.1, -0.05) is 0 Å². The quantitative estimate of drug-likeness (QED) is 0.372. The second-order valence-corrected chi connectivity index (χ2v) is 3.11. The summed E-state index contributed by atoms with van der Waals surface area (Å²) in [5.41, 5.74) is 0. The van der Waals surface area contributed by atoms with Gasteiger partial charge in [0.05, 0.1) is 0 Å². The fourth-order valence-electron chi connectivity index (χ4n) is 0. The molecule has 2 N–H and O–H groups in total. The molecular weight excluding hydrogens is 235 g/mol. The van der Waals surface area contributed by atoms with Gasteiger partial charge in [-0.25, -0.2) is 4.57 Å². The van der Waals surface area contributed by atoms with Gasteiger partial charge in [-0.2, -0.15) is 0 Å². The molecule has 0 aromatic carbocycles. The van der Waals surface area contributed by atoms with Crippen LogP contribution < -0.4 is 0 Å². The van der Waals surface area contributed by atoms with Gasteiger partial charge >= 0.3 is 76.4 Å². The molecule has 8 heteroatoms. The SMILES string of the molecule is O=P(O)(O)O[SiH3].[MgH2].[SrH2]. The average Bonchev–Trinajstić information content (AvgIpc) is 1.35. The van der Waals surface area contributed by atoms with Crippen molar-refractivity contribution in [3.05, 3.63) is 0 Å². The standard InChI is InChI=1S/Mg.H5O4PSi.Sr.4H/c;1-5(2,3)4-6;;;;;/h;6H3,(H2,1,2,3);;;;;. The minimum absolute atomic E-state index is 0. The Labute approximate surface area is 104 Å². The van der Waals surface area contributed by atoms with Crippen molar-refractivity contribution in [2.45, 2.75) is 0 Å². The molecule has 0 unspecified atom stereocenters. The summed E-state index contributed by atoms with van der Waals surface area (Å²) in [7, 11) is -4.00. The Kier molecular flexibility index (Phi) is 16.2. The van der Waals surface area contributed by atoms with E-state index in [4.69, 9.17) is 9.79 Å². The summed E-state index contributed by atoms with van der Waals surface area (Å²) < 4.78 is 13.2. The Balaban J connectivity index is -0.000000125. The molecule has 0 amide bonds. The van der Waals surface area contributed by atoms with Crippen LogP contribution >= 0.6 is 7.82 Å². The molecule has 0 radical (unpaired) electrons. The summed E-state index contributed by atoms with van der Waals surface area (Å²) >= 11 is 0. The van der Waals surface area contributed by atoms with Crippen molar-refractivity contribution in [3.63, 3.8) is 0 Å². The Morgan fingerprint density at radius 3 is 1.62 bits per heavy atom. The Hall–Kier alpha value is 2.57. The predicted molar refractivity (Wildman–Crippen MR) is 40.2 cm³/mol. The first kappa shape index (κ1) is 16.9. The van der Waals surface area contributed by atoms with Gasteiger partial charge in [-0.15, -0.1) is 0 Å². The number of phosphoric acid groups is 1. The second kappa shape index (κ2) is 7.68. The first-order valence-corrected chi connectivity index (χ1v) is 3.52. The van der Waals surface area contributed by atoms with Crippen molar-refractivity contribution in [1.82, 2.24) is 0 Å². The topological polar surface area (TPSA) is 66.8 Å². The van der Waals surface area contributed by atoms with Crippen molar-refractivity contribution in [2.75, 3.05) is 0 Å². The summed E-state index contributed by atoms with van der Waals surface area (Å²) in [6.07, 6.45) is 0. The molecule has 0 aliphatic carbocycles. The van der Waals surface area contributed by atoms with E-state index in [-0.39, 0.29) is 79.0 Å². The molecule has 0 heterocycles. The molecule has 0 atom stereocenters. The Morgan fingerprint density at radius 2 is 1.62 bits per heavy atom. The van der Waals surface area contributed by atoms with Gasteiger partial charge in [0.15, 0.2) is 10.5 Å². The maximum absolute atomic E-state index is 9.51. The number of hydrogen-bond donors (Lipinski definition) is 2. The molecule has 0 fully saturated rings. The summed E-state index contributed by atoms with van der Waals surface area (Å²) in [6, 6.07) is 0. The zero-order valence-electron chi connectivity index (χ0n) is 3.16. The van der Waals surface area contributed by atoms with Crippen LogP contribution in [-0.4, -0.2) is 88.8 Å². The van der Waals surface area contributed by atoms with E-state index >= 15 is 0 Å². The van der Waals surface area contributed by atoms with E-state index in [0.29, 0.717) is 0 Å². The van der Waals surface area contributed by atoms with Gasteiger partial charge in [0, 0.05) is 0 Å². The fraction of sp³-hybridized carbons (Fsp3) is 0. The van der Waals surface area contributed by atoms with Crippen LogP contribution in [0.5, 0.6) is 0 Å². The molecule has 8 heavy (non-hydrogen) atoms. The normalized spacial score (nSPS) is 9.25. The van der Waals surface area contributed by atoms with Gasteiger partial charge in [-0.3, -0.25) is 0 Å². The molecule has 0 aliphatic rings. The van der Waals surface area contributed by atoms with Crippen LogP contribution in [0.25, 0.3) is 0 Å². The van der Waals surface area contributed by atoms with Crippen molar-refractivity contribution >= 4 is 86.8 Å². The molecule has 0 spiro atoms. The average molecular weight is 244 g/mol. The molecule has 46 valence electrons. The molecule has 0 bridgehead atoms. The third kappa shape index (κ3) is 15.8. The summed E-state index contributed by atoms with van der Waals surface area (Å²) in [5.74, 6) is 0. The minimum atomic E-state index is -4.08. The van der Waals surface area contributed by atoms with Gasteiger partial charge in [0.1, 0.15) is 0 Å². The third-order valence-corrected chi connectivity index (χ3v) is 2.14. The van der Waals surface area contributed by atoms with Crippen LogP contribution in [0.4, 0.5) is 0 Å². The van der Waals surface area contributed by atoms with E-state index in [0.717, 1.165) is 0 Å². The van der Waals surface area contributed by atoms with Gasteiger partial charge < -0.3 is 14.0 Å². The van der Waals surface area contributed by atoms with Crippen LogP contribution in [-0.2, 0) is 8.78 Å². The van der Waals surface area contributed by atoms with Crippen molar-refractivity contribution in [1.29, 1.82) is 0 Å². The molecule has 0 saturated carbocycles. The monoisotopic (exact) mass is 244 g/mol. The van der Waals surface area contributed by atoms with Crippen molar-refractivity contribution in [3.8, 4) is 0 Å². The van der Waals surface area contributed by atoms with E-state index in [9.17, 15) is 4.57 Å². The maximum atomic E-state index is 9.51. The molecule has 0 rings (SSSR count). The molecule has 0 aromatic rings. The summed E-state index contributed by atoms with van der Waals surface area (Å²) in [6.45, 7) is 0. The first-order chi connectivity index (χ1) is 2.56. The van der Waals surface area contributed by atoms with Gasteiger partial charge in [0.25, 0.3) is 0 Å². The van der Waals surface area contributed by atoms with Crippen LogP contribution in [0, 0.1) is 0 Å². The van der Waals surface area contributed by atoms with Crippen molar-refractivity contribution < 1.29 is 18.6 Å². The summed E-state index contributed by atoms with van der Waals surface area (Å²) in [5, 5.41) is 0. The third-order valence-electron chi connectivity index (χ3n) is 0.238. The van der Waals surface area contributed by atoms with Gasteiger partial charge in [0.2, 0.25) is 0 Å². The summed E-state index contributed by atoms with van der Waals surface area (Å²) in [4.78, 5) is 15.5. The molecule has 0 aromatic heterocycles. The first-order valence-electron chi connectivity index (χ1n) is 1.17. The Bertz CT molecular complexity index is 80.1. The van der Waals surface area contributed by atoms with Crippen LogP contribution in [0.1, 0.15) is 0 Å².